The van der Waals surface area contributed by atoms with Gasteiger partial charge in [0.05, 0.1) is 6.04 Å². The molecule has 0 saturated heterocycles. The highest BCUT2D eigenvalue weighted by molar-refractivity contribution is 5.79. The van der Waals surface area contributed by atoms with Crippen molar-refractivity contribution >= 4 is 5.96 Å². The smallest absolute Gasteiger partial charge is 0.208 e. The Labute approximate surface area is 113 Å². The zero-order valence-electron chi connectivity index (χ0n) is 11.3. The maximum absolute atomic E-state index is 12.8. The second-order valence-corrected chi connectivity index (χ2v) is 5.02. The van der Waals surface area contributed by atoms with Gasteiger partial charge in [-0.05, 0) is 30.5 Å². The molecule has 1 fully saturated rings. The summed E-state index contributed by atoms with van der Waals surface area (Å²) < 4.78 is 12.8. The highest BCUT2D eigenvalue weighted by Gasteiger charge is 2.16. The number of nitrogens with two attached hydrogens (primary N) is 1. The molecule has 104 valence electrons. The highest BCUT2D eigenvalue weighted by Crippen LogP contribution is 2.21. The van der Waals surface area contributed by atoms with E-state index < -0.39 is 0 Å². The van der Waals surface area contributed by atoms with E-state index in [9.17, 15) is 4.39 Å². The highest BCUT2D eigenvalue weighted by atomic mass is 19.1. The molecule has 2 rings (SSSR count). The fourth-order valence-electron chi connectivity index (χ4n) is 2.39. The van der Waals surface area contributed by atoms with Crippen LogP contribution < -0.4 is 11.3 Å². The van der Waals surface area contributed by atoms with Gasteiger partial charge in [0, 0.05) is 13.6 Å². The van der Waals surface area contributed by atoms with Gasteiger partial charge in [-0.2, -0.15) is 0 Å². The van der Waals surface area contributed by atoms with Crippen LogP contribution in [0.4, 0.5) is 4.39 Å². The van der Waals surface area contributed by atoms with Crippen molar-refractivity contribution in [3.8, 4) is 0 Å². The molecule has 1 aromatic carbocycles. The number of halogens is 1. The van der Waals surface area contributed by atoms with Gasteiger partial charge in [0.2, 0.25) is 5.96 Å². The first-order valence-corrected chi connectivity index (χ1v) is 6.69. The van der Waals surface area contributed by atoms with Crippen molar-refractivity contribution in [3.05, 3.63) is 35.6 Å². The molecule has 3 N–H and O–H groups in total. The third-order valence-electron chi connectivity index (χ3n) is 3.45. The van der Waals surface area contributed by atoms with Gasteiger partial charge in [-0.1, -0.05) is 25.0 Å². The van der Waals surface area contributed by atoms with E-state index in [0.717, 1.165) is 18.4 Å². The van der Waals surface area contributed by atoms with E-state index in [1.807, 2.05) is 11.9 Å². The van der Waals surface area contributed by atoms with Crippen molar-refractivity contribution < 1.29 is 4.39 Å². The summed E-state index contributed by atoms with van der Waals surface area (Å²) >= 11 is 0. The van der Waals surface area contributed by atoms with E-state index in [-0.39, 0.29) is 5.82 Å². The molecule has 4 nitrogen and oxygen atoms in total. The lowest BCUT2D eigenvalue weighted by Crippen LogP contribution is -2.43. The molecule has 0 spiro atoms. The lowest BCUT2D eigenvalue weighted by atomic mass is 10.2. The van der Waals surface area contributed by atoms with Gasteiger partial charge in [0.1, 0.15) is 5.82 Å². The first kappa shape index (κ1) is 13.8. The summed E-state index contributed by atoms with van der Waals surface area (Å²) in [7, 11) is 1.93. The SMILES string of the molecule is CN(Cc1ccc(F)cc1)C(=NC1CCCC1)NN. The van der Waals surface area contributed by atoms with Crippen LogP contribution in [0.2, 0.25) is 0 Å². The minimum Gasteiger partial charge on any atom is -0.341 e. The maximum atomic E-state index is 12.8. The molecule has 0 radical (unpaired) electrons. The van der Waals surface area contributed by atoms with Crippen LogP contribution in [0.1, 0.15) is 31.2 Å². The van der Waals surface area contributed by atoms with Gasteiger partial charge in [0.25, 0.3) is 0 Å². The normalized spacial score (nSPS) is 16.7. The van der Waals surface area contributed by atoms with Crippen molar-refractivity contribution in [1.29, 1.82) is 0 Å². The van der Waals surface area contributed by atoms with E-state index in [1.165, 1.54) is 25.0 Å². The first-order chi connectivity index (χ1) is 9.19. The number of hydrazine groups is 1. The number of hydrogen-bond acceptors (Lipinski definition) is 2. The largest absolute Gasteiger partial charge is 0.341 e. The second kappa shape index (κ2) is 6.52. The summed E-state index contributed by atoms with van der Waals surface area (Å²) in [6, 6.07) is 6.85. The first-order valence-electron chi connectivity index (χ1n) is 6.69. The zero-order valence-corrected chi connectivity index (χ0v) is 11.3. The molecule has 1 aromatic rings. The summed E-state index contributed by atoms with van der Waals surface area (Å²) in [5, 5.41) is 0. The molecule has 0 atom stereocenters. The number of hydrogen-bond donors (Lipinski definition) is 2. The van der Waals surface area contributed by atoms with E-state index in [0.29, 0.717) is 18.5 Å². The number of nitrogens with zero attached hydrogens (tertiary/aromatic N) is 2. The van der Waals surface area contributed by atoms with Crippen molar-refractivity contribution in [1.82, 2.24) is 10.3 Å². The van der Waals surface area contributed by atoms with Crippen LogP contribution in [-0.2, 0) is 6.54 Å². The summed E-state index contributed by atoms with van der Waals surface area (Å²) in [6.45, 7) is 0.649. The Morgan fingerprint density at radius 3 is 2.58 bits per heavy atom. The van der Waals surface area contributed by atoms with Gasteiger partial charge in [-0.25, -0.2) is 15.2 Å². The van der Waals surface area contributed by atoms with Crippen LogP contribution >= 0.6 is 0 Å². The van der Waals surface area contributed by atoms with Gasteiger partial charge in [-0.15, -0.1) is 0 Å². The number of nitrogens with one attached hydrogen (secondary N) is 1. The van der Waals surface area contributed by atoms with Crippen LogP contribution in [0.25, 0.3) is 0 Å². The zero-order chi connectivity index (χ0) is 13.7. The predicted molar refractivity (Wildman–Crippen MR) is 74.9 cm³/mol. The Balaban J connectivity index is 1.99. The molecule has 0 amide bonds. The summed E-state index contributed by atoms with van der Waals surface area (Å²) in [5.74, 6) is 6.02. The molecular formula is C14H21FN4. The van der Waals surface area contributed by atoms with Gasteiger partial charge >= 0.3 is 0 Å². The lowest BCUT2D eigenvalue weighted by molar-refractivity contribution is 0.470. The Morgan fingerprint density at radius 2 is 2.00 bits per heavy atom. The second-order valence-electron chi connectivity index (χ2n) is 5.02. The van der Waals surface area contributed by atoms with Crippen molar-refractivity contribution in [2.45, 2.75) is 38.3 Å². The topological polar surface area (TPSA) is 53.6 Å². The summed E-state index contributed by atoms with van der Waals surface area (Å²) in [6.07, 6.45) is 4.76. The van der Waals surface area contributed by atoms with E-state index >= 15 is 0 Å². The van der Waals surface area contributed by atoms with Crippen molar-refractivity contribution in [2.75, 3.05) is 7.05 Å². The number of benzene rings is 1. The molecule has 1 aliphatic rings. The van der Waals surface area contributed by atoms with Gasteiger partial charge in [-0.3, -0.25) is 5.43 Å². The van der Waals surface area contributed by atoms with Crippen LogP contribution in [0.15, 0.2) is 29.3 Å². The molecular weight excluding hydrogens is 243 g/mol. The van der Waals surface area contributed by atoms with E-state index in [1.54, 1.807) is 12.1 Å². The van der Waals surface area contributed by atoms with Crippen LogP contribution in [-0.4, -0.2) is 23.9 Å². The maximum Gasteiger partial charge on any atom is 0.208 e. The Kier molecular flexibility index (Phi) is 4.74. The van der Waals surface area contributed by atoms with Crippen molar-refractivity contribution in [3.63, 3.8) is 0 Å². The Hall–Kier alpha value is -1.62. The van der Waals surface area contributed by atoms with Gasteiger partial charge < -0.3 is 4.90 Å². The number of aliphatic imine (C=N–C) groups is 1. The van der Waals surface area contributed by atoms with E-state index in [2.05, 4.69) is 10.4 Å². The average molecular weight is 264 g/mol. The van der Waals surface area contributed by atoms with E-state index in [4.69, 9.17) is 5.84 Å². The molecule has 0 unspecified atom stereocenters. The van der Waals surface area contributed by atoms with Crippen molar-refractivity contribution in [2.24, 2.45) is 10.8 Å². The minimum absolute atomic E-state index is 0.219. The third-order valence-corrected chi connectivity index (χ3v) is 3.45. The predicted octanol–water partition coefficient (Wildman–Crippen LogP) is 2.02. The van der Waals surface area contributed by atoms with Crippen LogP contribution in [0.3, 0.4) is 0 Å². The molecule has 5 heteroatoms. The molecule has 0 bridgehead atoms. The lowest BCUT2D eigenvalue weighted by Gasteiger charge is -2.22. The standard InChI is InChI=1S/C14H21FN4/c1-19(10-11-6-8-12(15)9-7-11)14(18-16)17-13-4-2-3-5-13/h6-9,13H,2-5,10,16H2,1H3,(H,17,18). The number of guanidine groups is 1. The third kappa shape index (κ3) is 3.92. The average Bonchev–Trinajstić information content (AvgIpc) is 2.91. The Bertz CT molecular complexity index is 424. The molecule has 1 saturated carbocycles. The molecule has 0 aliphatic heterocycles. The van der Waals surface area contributed by atoms with Crippen LogP contribution in [0, 0.1) is 5.82 Å². The molecule has 0 heterocycles. The fourth-order valence-corrected chi connectivity index (χ4v) is 2.39. The number of rotatable bonds is 3. The molecule has 1 aliphatic carbocycles. The monoisotopic (exact) mass is 264 g/mol. The Morgan fingerprint density at radius 1 is 1.37 bits per heavy atom. The fraction of sp³-hybridized carbons (Fsp3) is 0.500. The van der Waals surface area contributed by atoms with Gasteiger partial charge in [0.15, 0.2) is 0 Å². The molecule has 19 heavy (non-hydrogen) atoms. The summed E-state index contributed by atoms with van der Waals surface area (Å²) in [4.78, 5) is 6.59. The quantitative estimate of drug-likeness (QED) is 0.380. The minimum atomic E-state index is -0.219. The van der Waals surface area contributed by atoms with Crippen LogP contribution in [0.5, 0.6) is 0 Å². The summed E-state index contributed by atoms with van der Waals surface area (Å²) in [5.41, 5.74) is 3.69. The molecule has 0 aromatic heterocycles.